The Morgan fingerprint density at radius 2 is 1.97 bits per heavy atom. The van der Waals surface area contributed by atoms with E-state index in [-0.39, 0.29) is 18.3 Å². The lowest BCUT2D eigenvalue weighted by molar-refractivity contribution is -0.141. The van der Waals surface area contributed by atoms with E-state index in [0.29, 0.717) is 22.3 Å². The Kier molecular flexibility index (Phi) is 5.81. The molecule has 4 rings (SSSR count). The number of esters is 1. The Morgan fingerprint density at radius 1 is 1.19 bits per heavy atom. The standard InChI is InChI=1S/C23H22N4O3S/c1-14-21-16(23(29)25-18(13-20(28)30-3)19-10-7-11-31-19)12-17(15-8-5-4-6-9-15)24-22(21)27(2)26-14/h4-12,18H,13H2,1-3H3,(H,25,29). The predicted molar refractivity (Wildman–Crippen MR) is 120 cm³/mol. The third-order valence-corrected chi connectivity index (χ3v) is 6.06. The van der Waals surface area contributed by atoms with Crippen molar-refractivity contribution < 1.29 is 14.3 Å². The number of rotatable bonds is 6. The van der Waals surface area contributed by atoms with E-state index in [1.807, 2.05) is 61.8 Å². The molecule has 0 radical (unpaired) electrons. The Labute approximate surface area is 183 Å². The lowest BCUT2D eigenvalue weighted by Gasteiger charge is -2.17. The zero-order valence-electron chi connectivity index (χ0n) is 17.5. The summed E-state index contributed by atoms with van der Waals surface area (Å²) in [6.07, 6.45) is 0.0501. The number of amides is 1. The van der Waals surface area contributed by atoms with E-state index in [2.05, 4.69) is 10.4 Å². The van der Waals surface area contributed by atoms with Gasteiger partial charge in [-0.1, -0.05) is 36.4 Å². The number of nitrogens with one attached hydrogen (secondary N) is 1. The van der Waals surface area contributed by atoms with Crippen molar-refractivity contribution in [2.24, 2.45) is 7.05 Å². The second-order valence-corrected chi connectivity index (χ2v) is 8.13. The van der Waals surface area contributed by atoms with Gasteiger partial charge in [0.1, 0.15) is 0 Å². The van der Waals surface area contributed by atoms with Gasteiger partial charge in [-0.05, 0) is 24.4 Å². The van der Waals surface area contributed by atoms with Crippen molar-refractivity contribution in [3.05, 3.63) is 70.0 Å². The van der Waals surface area contributed by atoms with Crippen LogP contribution in [0.25, 0.3) is 22.3 Å². The average Bonchev–Trinajstić information content (AvgIpc) is 3.41. The van der Waals surface area contributed by atoms with E-state index in [4.69, 9.17) is 9.72 Å². The summed E-state index contributed by atoms with van der Waals surface area (Å²) in [6.45, 7) is 1.86. The predicted octanol–water partition coefficient (Wildman–Crippen LogP) is 4.04. The van der Waals surface area contributed by atoms with Gasteiger partial charge in [0.2, 0.25) is 0 Å². The van der Waals surface area contributed by atoms with Gasteiger partial charge in [-0.15, -0.1) is 11.3 Å². The van der Waals surface area contributed by atoms with Gasteiger partial charge < -0.3 is 10.1 Å². The zero-order chi connectivity index (χ0) is 22.0. The van der Waals surface area contributed by atoms with E-state index >= 15 is 0 Å². The fourth-order valence-electron chi connectivity index (χ4n) is 3.58. The number of hydrogen-bond acceptors (Lipinski definition) is 6. The van der Waals surface area contributed by atoms with E-state index in [9.17, 15) is 9.59 Å². The van der Waals surface area contributed by atoms with Crippen molar-refractivity contribution >= 4 is 34.2 Å². The maximum absolute atomic E-state index is 13.5. The Hall–Kier alpha value is -3.52. The highest BCUT2D eigenvalue weighted by molar-refractivity contribution is 7.10. The van der Waals surface area contributed by atoms with Crippen LogP contribution in [0.1, 0.15) is 33.4 Å². The summed E-state index contributed by atoms with van der Waals surface area (Å²) in [5.74, 6) is -0.677. The van der Waals surface area contributed by atoms with Crippen LogP contribution in [0.5, 0.6) is 0 Å². The molecule has 158 valence electrons. The topological polar surface area (TPSA) is 86.1 Å². The van der Waals surface area contributed by atoms with Crippen molar-refractivity contribution in [1.29, 1.82) is 0 Å². The number of ether oxygens (including phenoxy) is 1. The molecule has 0 saturated carbocycles. The summed E-state index contributed by atoms with van der Waals surface area (Å²) in [4.78, 5) is 31.0. The molecular formula is C23H22N4O3S. The van der Waals surface area contributed by atoms with Gasteiger partial charge >= 0.3 is 5.97 Å². The van der Waals surface area contributed by atoms with Crippen LogP contribution in [0.4, 0.5) is 0 Å². The largest absolute Gasteiger partial charge is 0.469 e. The molecule has 31 heavy (non-hydrogen) atoms. The molecule has 0 fully saturated rings. The first-order valence-electron chi connectivity index (χ1n) is 9.78. The lowest BCUT2D eigenvalue weighted by atomic mass is 10.0. The highest BCUT2D eigenvalue weighted by Gasteiger charge is 2.24. The number of carbonyl (C=O) groups excluding carboxylic acids is 2. The van der Waals surface area contributed by atoms with Crippen molar-refractivity contribution in [2.45, 2.75) is 19.4 Å². The molecule has 1 N–H and O–H groups in total. The molecule has 3 aromatic heterocycles. The number of aryl methyl sites for hydroxylation is 2. The molecule has 0 aliphatic rings. The molecule has 0 aliphatic heterocycles. The number of thiophene rings is 1. The van der Waals surface area contributed by atoms with Gasteiger partial charge in [-0.3, -0.25) is 14.3 Å². The molecule has 3 heterocycles. The van der Waals surface area contributed by atoms with E-state index in [1.165, 1.54) is 18.4 Å². The second kappa shape index (κ2) is 8.69. The van der Waals surface area contributed by atoms with Gasteiger partial charge in [0.05, 0.1) is 41.9 Å². The molecule has 0 aliphatic carbocycles. The number of hydrogen-bond donors (Lipinski definition) is 1. The number of benzene rings is 1. The highest BCUT2D eigenvalue weighted by atomic mass is 32.1. The minimum Gasteiger partial charge on any atom is -0.469 e. The molecule has 0 saturated heterocycles. The van der Waals surface area contributed by atoms with Crippen LogP contribution in [0.3, 0.4) is 0 Å². The summed E-state index contributed by atoms with van der Waals surface area (Å²) >= 11 is 1.48. The van der Waals surface area contributed by atoms with Gasteiger partial charge in [0, 0.05) is 17.5 Å². The van der Waals surface area contributed by atoms with Gasteiger partial charge in [-0.25, -0.2) is 4.98 Å². The second-order valence-electron chi connectivity index (χ2n) is 7.15. The van der Waals surface area contributed by atoms with Gasteiger partial charge in [-0.2, -0.15) is 5.10 Å². The van der Waals surface area contributed by atoms with Crippen molar-refractivity contribution in [3.63, 3.8) is 0 Å². The highest BCUT2D eigenvalue weighted by Crippen LogP contribution is 2.28. The number of nitrogens with zero attached hydrogens (tertiary/aromatic N) is 3. The molecule has 4 aromatic rings. The normalized spacial score (nSPS) is 12.0. The van der Waals surface area contributed by atoms with Crippen LogP contribution in [-0.2, 0) is 16.6 Å². The molecule has 7 nitrogen and oxygen atoms in total. The average molecular weight is 435 g/mol. The third kappa shape index (κ3) is 4.20. The number of methoxy groups -OCH3 is 1. The van der Waals surface area contributed by atoms with E-state index < -0.39 is 6.04 Å². The Morgan fingerprint density at radius 3 is 2.65 bits per heavy atom. The van der Waals surface area contributed by atoms with Gasteiger partial charge in [0.25, 0.3) is 5.91 Å². The monoisotopic (exact) mass is 434 g/mol. The van der Waals surface area contributed by atoms with E-state index in [1.54, 1.807) is 10.7 Å². The summed E-state index contributed by atoms with van der Waals surface area (Å²) in [7, 11) is 3.15. The summed E-state index contributed by atoms with van der Waals surface area (Å²) in [5.41, 5.74) is 3.41. The van der Waals surface area contributed by atoms with Crippen LogP contribution in [0, 0.1) is 6.92 Å². The van der Waals surface area contributed by atoms with Gasteiger partial charge in [0.15, 0.2) is 5.65 Å². The van der Waals surface area contributed by atoms with E-state index in [0.717, 1.165) is 16.1 Å². The Bertz CT molecular complexity index is 1230. The number of carbonyl (C=O) groups is 2. The molecule has 1 atom stereocenters. The fourth-order valence-corrected chi connectivity index (χ4v) is 4.36. The number of aromatic nitrogens is 3. The first kappa shape index (κ1) is 20.7. The third-order valence-electron chi connectivity index (χ3n) is 5.07. The smallest absolute Gasteiger partial charge is 0.307 e. The van der Waals surface area contributed by atoms with Crippen molar-refractivity contribution in [3.8, 4) is 11.3 Å². The first-order valence-corrected chi connectivity index (χ1v) is 10.7. The summed E-state index contributed by atoms with van der Waals surface area (Å²) in [5, 5.41) is 10.1. The maximum Gasteiger partial charge on any atom is 0.307 e. The SMILES string of the molecule is COC(=O)CC(NC(=O)c1cc(-c2ccccc2)nc2c1c(C)nn2C)c1cccs1. The fraction of sp³-hybridized carbons (Fsp3) is 0.217. The number of fused-ring (bicyclic) bond motifs is 1. The van der Waals surface area contributed by atoms with Crippen LogP contribution < -0.4 is 5.32 Å². The minimum absolute atomic E-state index is 0.0501. The molecule has 1 unspecified atom stereocenters. The summed E-state index contributed by atoms with van der Waals surface area (Å²) in [6, 6.07) is 14.8. The zero-order valence-corrected chi connectivity index (χ0v) is 18.3. The molecule has 1 aromatic carbocycles. The van der Waals surface area contributed by atoms with Crippen LogP contribution >= 0.6 is 11.3 Å². The van der Waals surface area contributed by atoms with Crippen molar-refractivity contribution in [1.82, 2.24) is 20.1 Å². The molecule has 1 amide bonds. The van der Waals surface area contributed by atoms with Crippen LogP contribution in [-0.4, -0.2) is 33.8 Å². The van der Waals surface area contributed by atoms with Crippen molar-refractivity contribution in [2.75, 3.05) is 7.11 Å². The van der Waals surface area contributed by atoms with Crippen LogP contribution in [0.15, 0.2) is 53.9 Å². The van der Waals surface area contributed by atoms with Crippen LogP contribution in [0.2, 0.25) is 0 Å². The molecule has 0 bridgehead atoms. The number of pyridine rings is 1. The Balaban J connectivity index is 1.78. The molecular weight excluding hydrogens is 412 g/mol. The first-order chi connectivity index (χ1) is 15.0. The molecule has 8 heteroatoms. The summed E-state index contributed by atoms with van der Waals surface area (Å²) < 4.78 is 6.51. The molecule has 0 spiro atoms. The lowest BCUT2D eigenvalue weighted by Crippen LogP contribution is -2.30. The minimum atomic E-state index is -0.486. The maximum atomic E-state index is 13.5. The quantitative estimate of drug-likeness (QED) is 0.463.